The fourth-order valence-electron chi connectivity index (χ4n) is 1.58. The minimum atomic E-state index is 0.546. The average Bonchev–Trinajstić information content (AvgIpc) is 2.12. The van der Waals surface area contributed by atoms with E-state index in [1.165, 1.54) is 25.1 Å². The molecule has 3 heteroatoms. The maximum Gasteiger partial charge on any atom is 0.0584 e. The molecule has 3 nitrogen and oxygen atoms in total. The maximum atomic E-state index is 5.60. The third-order valence-electron chi connectivity index (χ3n) is 2.52. The van der Waals surface area contributed by atoms with Crippen LogP contribution in [-0.2, 0) is 13.1 Å². The summed E-state index contributed by atoms with van der Waals surface area (Å²) < 4.78 is 0. The van der Waals surface area contributed by atoms with E-state index in [2.05, 4.69) is 16.0 Å². The molecular weight excluding hydrogens is 162 g/mol. The van der Waals surface area contributed by atoms with Crippen molar-refractivity contribution >= 4 is 0 Å². The molecule has 1 fully saturated rings. The summed E-state index contributed by atoms with van der Waals surface area (Å²) in [6, 6.07) is 4.10. The van der Waals surface area contributed by atoms with Gasteiger partial charge in [-0.3, -0.25) is 9.88 Å². The number of pyridine rings is 1. The minimum Gasteiger partial charge on any atom is -0.325 e. The van der Waals surface area contributed by atoms with E-state index in [0.29, 0.717) is 6.54 Å². The van der Waals surface area contributed by atoms with Crippen LogP contribution in [0.3, 0.4) is 0 Å². The van der Waals surface area contributed by atoms with Crippen molar-refractivity contribution in [3.05, 3.63) is 29.6 Å². The van der Waals surface area contributed by atoms with Crippen molar-refractivity contribution in [2.45, 2.75) is 19.5 Å². The van der Waals surface area contributed by atoms with Gasteiger partial charge in [0.05, 0.1) is 5.69 Å². The smallest absolute Gasteiger partial charge is 0.0584 e. The Hall–Kier alpha value is -0.930. The Kier molecular flexibility index (Phi) is 2.57. The number of hydrogen-bond donors (Lipinski definition) is 1. The third kappa shape index (κ3) is 1.87. The largest absolute Gasteiger partial charge is 0.325 e. The van der Waals surface area contributed by atoms with Crippen molar-refractivity contribution in [2.24, 2.45) is 5.73 Å². The molecule has 2 heterocycles. The quantitative estimate of drug-likeness (QED) is 0.740. The fraction of sp³-hybridized carbons (Fsp3) is 0.500. The van der Waals surface area contributed by atoms with Crippen LogP contribution in [0.4, 0.5) is 0 Å². The first kappa shape index (κ1) is 8.66. The lowest BCUT2D eigenvalue weighted by Gasteiger charge is -2.31. The van der Waals surface area contributed by atoms with E-state index in [-0.39, 0.29) is 0 Å². The standard InChI is InChI=1S/C10H15N3/c11-7-10-9(3-1-4-12-10)8-13-5-2-6-13/h1,3-4H,2,5-8,11H2. The highest BCUT2D eigenvalue weighted by Gasteiger charge is 2.15. The number of aromatic nitrogens is 1. The molecule has 0 atom stereocenters. The Morgan fingerprint density at radius 3 is 2.92 bits per heavy atom. The van der Waals surface area contributed by atoms with Gasteiger partial charge in [-0.2, -0.15) is 0 Å². The molecule has 2 rings (SSSR count). The molecule has 0 bridgehead atoms. The number of nitrogens with two attached hydrogens (primary N) is 1. The summed E-state index contributed by atoms with van der Waals surface area (Å²) in [4.78, 5) is 6.67. The van der Waals surface area contributed by atoms with Gasteiger partial charge in [0.1, 0.15) is 0 Å². The summed E-state index contributed by atoms with van der Waals surface area (Å²) in [6.45, 7) is 4.00. The maximum absolute atomic E-state index is 5.60. The highest BCUT2D eigenvalue weighted by atomic mass is 15.2. The zero-order chi connectivity index (χ0) is 9.10. The lowest BCUT2D eigenvalue weighted by atomic mass is 10.1. The van der Waals surface area contributed by atoms with Crippen LogP contribution >= 0.6 is 0 Å². The molecular formula is C10H15N3. The van der Waals surface area contributed by atoms with E-state index in [9.17, 15) is 0 Å². The highest BCUT2D eigenvalue weighted by molar-refractivity contribution is 5.19. The summed E-state index contributed by atoms with van der Waals surface area (Å²) in [5, 5.41) is 0. The zero-order valence-electron chi connectivity index (χ0n) is 7.74. The molecule has 0 aromatic carbocycles. The second kappa shape index (κ2) is 3.85. The highest BCUT2D eigenvalue weighted by Crippen LogP contribution is 2.13. The summed E-state index contributed by atoms with van der Waals surface area (Å²) in [7, 11) is 0. The molecule has 1 aromatic rings. The number of likely N-dealkylation sites (tertiary alicyclic amines) is 1. The van der Waals surface area contributed by atoms with Gasteiger partial charge in [-0.25, -0.2) is 0 Å². The van der Waals surface area contributed by atoms with Crippen molar-refractivity contribution in [1.82, 2.24) is 9.88 Å². The van der Waals surface area contributed by atoms with Crippen molar-refractivity contribution in [2.75, 3.05) is 13.1 Å². The number of nitrogens with zero attached hydrogens (tertiary/aromatic N) is 2. The molecule has 0 amide bonds. The average molecular weight is 177 g/mol. The van der Waals surface area contributed by atoms with Gasteiger partial charge in [-0.05, 0) is 31.1 Å². The van der Waals surface area contributed by atoms with Gasteiger partial charge in [-0.15, -0.1) is 0 Å². The van der Waals surface area contributed by atoms with Crippen LogP contribution in [0, 0.1) is 0 Å². The summed E-state index contributed by atoms with van der Waals surface area (Å²) in [5.74, 6) is 0. The van der Waals surface area contributed by atoms with Gasteiger partial charge < -0.3 is 5.73 Å². The van der Waals surface area contributed by atoms with E-state index in [1.807, 2.05) is 12.3 Å². The van der Waals surface area contributed by atoms with Crippen LogP contribution in [0.5, 0.6) is 0 Å². The molecule has 1 aliphatic heterocycles. The molecule has 0 aliphatic carbocycles. The molecule has 1 aromatic heterocycles. The van der Waals surface area contributed by atoms with E-state index in [0.717, 1.165) is 12.2 Å². The number of hydrogen-bond acceptors (Lipinski definition) is 3. The van der Waals surface area contributed by atoms with Crippen LogP contribution < -0.4 is 5.73 Å². The molecule has 70 valence electrons. The predicted octanol–water partition coefficient (Wildman–Crippen LogP) is 0.746. The Bertz CT molecular complexity index is 281. The first-order chi connectivity index (χ1) is 6.40. The van der Waals surface area contributed by atoms with E-state index < -0.39 is 0 Å². The van der Waals surface area contributed by atoms with Crippen molar-refractivity contribution in [1.29, 1.82) is 0 Å². The molecule has 0 saturated carbocycles. The normalized spacial score (nSPS) is 17.0. The summed E-state index contributed by atoms with van der Waals surface area (Å²) in [5.41, 5.74) is 7.92. The van der Waals surface area contributed by atoms with Gasteiger partial charge in [0.2, 0.25) is 0 Å². The van der Waals surface area contributed by atoms with Gasteiger partial charge in [0.15, 0.2) is 0 Å². The first-order valence-electron chi connectivity index (χ1n) is 4.75. The Balaban J connectivity index is 2.08. The third-order valence-corrected chi connectivity index (χ3v) is 2.52. The first-order valence-corrected chi connectivity index (χ1v) is 4.75. The van der Waals surface area contributed by atoms with Crippen molar-refractivity contribution in [3.63, 3.8) is 0 Å². The van der Waals surface area contributed by atoms with Gasteiger partial charge >= 0.3 is 0 Å². The number of rotatable bonds is 3. The molecule has 1 aliphatic rings. The van der Waals surface area contributed by atoms with Crippen LogP contribution in [0.1, 0.15) is 17.7 Å². The predicted molar refractivity (Wildman–Crippen MR) is 52.0 cm³/mol. The fourth-order valence-corrected chi connectivity index (χ4v) is 1.58. The molecule has 1 saturated heterocycles. The van der Waals surface area contributed by atoms with Gasteiger partial charge in [0, 0.05) is 19.3 Å². The molecule has 13 heavy (non-hydrogen) atoms. The molecule has 0 spiro atoms. The van der Waals surface area contributed by atoms with Gasteiger partial charge in [-0.1, -0.05) is 6.07 Å². The second-order valence-electron chi connectivity index (χ2n) is 3.44. The molecule has 2 N–H and O–H groups in total. The van der Waals surface area contributed by atoms with Crippen LogP contribution in [0.25, 0.3) is 0 Å². The van der Waals surface area contributed by atoms with Gasteiger partial charge in [0.25, 0.3) is 0 Å². The Morgan fingerprint density at radius 2 is 2.31 bits per heavy atom. The lowest BCUT2D eigenvalue weighted by molar-refractivity contribution is 0.172. The van der Waals surface area contributed by atoms with E-state index in [1.54, 1.807) is 0 Å². The monoisotopic (exact) mass is 177 g/mol. The zero-order valence-corrected chi connectivity index (χ0v) is 7.74. The van der Waals surface area contributed by atoms with E-state index in [4.69, 9.17) is 5.73 Å². The second-order valence-corrected chi connectivity index (χ2v) is 3.44. The topological polar surface area (TPSA) is 42.1 Å². The lowest BCUT2D eigenvalue weighted by Crippen LogP contribution is -2.36. The minimum absolute atomic E-state index is 0.546. The van der Waals surface area contributed by atoms with E-state index >= 15 is 0 Å². The Labute approximate surface area is 78.6 Å². The Morgan fingerprint density at radius 1 is 1.46 bits per heavy atom. The van der Waals surface area contributed by atoms with Crippen molar-refractivity contribution in [3.8, 4) is 0 Å². The van der Waals surface area contributed by atoms with Crippen LogP contribution in [-0.4, -0.2) is 23.0 Å². The summed E-state index contributed by atoms with van der Waals surface area (Å²) in [6.07, 6.45) is 3.14. The SMILES string of the molecule is NCc1ncccc1CN1CCC1. The van der Waals surface area contributed by atoms with Crippen molar-refractivity contribution < 1.29 is 0 Å². The van der Waals surface area contributed by atoms with Crippen LogP contribution in [0.15, 0.2) is 18.3 Å². The summed E-state index contributed by atoms with van der Waals surface area (Å²) >= 11 is 0. The van der Waals surface area contributed by atoms with Crippen LogP contribution in [0.2, 0.25) is 0 Å². The molecule has 0 radical (unpaired) electrons. The molecule has 0 unspecified atom stereocenters.